The molecule has 0 aliphatic rings. The lowest BCUT2D eigenvalue weighted by Gasteiger charge is -2.17. The number of carbonyl (C=O) groups is 2. The van der Waals surface area contributed by atoms with Crippen LogP contribution < -0.4 is 14.8 Å². The normalized spacial score (nSPS) is 11.8. The fourth-order valence-electron chi connectivity index (χ4n) is 2.84. The Kier molecular flexibility index (Phi) is 6.46. The Bertz CT molecular complexity index is 1070. The van der Waals surface area contributed by atoms with Crippen molar-refractivity contribution in [2.24, 2.45) is 0 Å². The van der Waals surface area contributed by atoms with Crippen LogP contribution in [0, 0.1) is 0 Å². The lowest BCUT2D eigenvalue weighted by Crippen LogP contribution is -2.30. The van der Waals surface area contributed by atoms with Gasteiger partial charge >= 0.3 is 12.6 Å². The van der Waals surface area contributed by atoms with Gasteiger partial charge in [0.25, 0.3) is 5.91 Å². The van der Waals surface area contributed by atoms with Crippen LogP contribution in [0.2, 0.25) is 0 Å². The van der Waals surface area contributed by atoms with Gasteiger partial charge in [-0.3, -0.25) is 4.79 Å². The van der Waals surface area contributed by atoms with Crippen LogP contribution in [0.4, 0.5) is 14.5 Å². The Morgan fingerprint density at radius 1 is 0.967 bits per heavy atom. The van der Waals surface area contributed by atoms with Crippen LogP contribution in [0.5, 0.6) is 11.5 Å². The number of benzene rings is 3. The number of esters is 1. The van der Waals surface area contributed by atoms with Crippen molar-refractivity contribution in [3.05, 3.63) is 66.2 Å². The number of rotatable bonds is 7. The van der Waals surface area contributed by atoms with Crippen molar-refractivity contribution in [1.29, 1.82) is 0 Å². The van der Waals surface area contributed by atoms with Crippen molar-refractivity contribution in [1.82, 2.24) is 0 Å². The molecule has 3 aromatic carbocycles. The maximum atomic E-state index is 12.7. The van der Waals surface area contributed by atoms with Gasteiger partial charge in [-0.2, -0.15) is 8.78 Å². The van der Waals surface area contributed by atoms with Crippen LogP contribution in [0.3, 0.4) is 0 Å². The van der Waals surface area contributed by atoms with E-state index in [9.17, 15) is 18.4 Å². The molecule has 0 fully saturated rings. The number of carbonyl (C=O) groups excluding carboxylic acids is 2. The van der Waals surface area contributed by atoms with Crippen LogP contribution >= 0.6 is 0 Å². The highest BCUT2D eigenvalue weighted by Crippen LogP contribution is 2.33. The first-order valence-corrected chi connectivity index (χ1v) is 9.01. The quantitative estimate of drug-likeness (QED) is 0.570. The van der Waals surface area contributed by atoms with Crippen LogP contribution in [-0.4, -0.2) is 31.7 Å². The second-order valence-corrected chi connectivity index (χ2v) is 6.31. The highest BCUT2D eigenvalue weighted by molar-refractivity contribution is 5.99. The van der Waals surface area contributed by atoms with Crippen LogP contribution in [0.15, 0.2) is 60.7 Å². The Balaban J connectivity index is 1.72. The lowest BCUT2D eigenvalue weighted by molar-refractivity contribution is -0.123. The molecule has 1 N–H and O–H groups in total. The summed E-state index contributed by atoms with van der Waals surface area (Å²) in [5, 5.41) is 4.62. The van der Waals surface area contributed by atoms with Gasteiger partial charge < -0.3 is 19.5 Å². The summed E-state index contributed by atoms with van der Waals surface area (Å²) in [4.78, 5) is 24.9. The van der Waals surface area contributed by atoms with Gasteiger partial charge in [0, 0.05) is 5.69 Å². The molecule has 3 aromatic rings. The second-order valence-electron chi connectivity index (χ2n) is 6.31. The molecular weight excluding hydrogens is 396 g/mol. The summed E-state index contributed by atoms with van der Waals surface area (Å²) in [7, 11) is 1.25. The van der Waals surface area contributed by atoms with Gasteiger partial charge in [-0.15, -0.1) is 0 Å². The van der Waals surface area contributed by atoms with E-state index in [-0.39, 0.29) is 11.3 Å². The van der Waals surface area contributed by atoms with Gasteiger partial charge in [-0.05, 0) is 42.0 Å². The smallest absolute Gasteiger partial charge is 0.387 e. The average molecular weight is 415 g/mol. The van der Waals surface area contributed by atoms with Crippen molar-refractivity contribution in [2.75, 3.05) is 12.4 Å². The molecule has 0 aromatic heterocycles. The van der Waals surface area contributed by atoms with Crippen molar-refractivity contribution < 1.29 is 32.6 Å². The topological polar surface area (TPSA) is 73.9 Å². The van der Waals surface area contributed by atoms with E-state index in [1.54, 1.807) is 12.1 Å². The number of methoxy groups -OCH3 is 1. The largest absolute Gasteiger partial charge is 0.493 e. The first-order valence-electron chi connectivity index (χ1n) is 9.01. The molecule has 0 aliphatic heterocycles. The Morgan fingerprint density at radius 2 is 1.70 bits per heavy atom. The molecule has 0 aliphatic carbocycles. The molecule has 0 bridgehead atoms. The number of fused-ring (bicyclic) bond motifs is 1. The van der Waals surface area contributed by atoms with Gasteiger partial charge in [-0.1, -0.05) is 36.4 Å². The maximum absolute atomic E-state index is 12.7. The first kappa shape index (κ1) is 21.0. The molecule has 30 heavy (non-hydrogen) atoms. The summed E-state index contributed by atoms with van der Waals surface area (Å²) in [6, 6.07) is 17.0. The number of anilines is 1. The maximum Gasteiger partial charge on any atom is 0.387 e. The third-order valence-electron chi connectivity index (χ3n) is 4.30. The van der Waals surface area contributed by atoms with E-state index in [1.165, 1.54) is 32.2 Å². The first-order chi connectivity index (χ1) is 14.4. The van der Waals surface area contributed by atoms with E-state index >= 15 is 0 Å². The van der Waals surface area contributed by atoms with Gasteiger partial charge in [-0.25, -0.2) is 4.79 Å². The number of nitrogens with one attached hydrogen (secondary N) is 1. The summed E-state index contributed by atoms with van der Waals surface area (Å²) in [5.74, 6) is -2.08. The predicted molar refractivity (Wildman–Crippen MR) is 107 cm³/mol. The van der Waals surface area contributed by atoms with Crippen LogP contribution in [0.25, 0.3) is 10.8 Å². The number of ether oxygens (including phenoxy) is 3. The summed E-state index contributed by atoms with van der Waals surface area (Å²) in [6.07, 6.45) is -1.19. The number of amides is 1. The molecule has 0 saturated heterocycles. The average Bonchev–Trinajstić information content (AvgIpc) is 2.73. The summed E-state index contributed by atoms with van der Waals surface area (Å²) in [6.45, 7) is -1.79. The molecule has 3 rings (SSSR count). The molecule has 8 heteroatoms. The minimum absolute atomic E-state index is 0.0574. The molecule has 156 valence electrons. The molecule has 1 amide bonds. The standard InChI is InChI=1S/C22H19F2NO5/c1-13(20(26)25-16-11-10-14-6-3-4-7-15(14)12-16)29-21(27)17-8-5-9-18(28-2)19(17)30-22(23)24/h3-13,22H,1-2H3,(H,25,26). The van der Waals surface area contributed by atoms with Crippen LogP contribution in [-0.2, 0) is 9.53 Å². The van der Waals surface area contributed by atoms with E-state index in [4.69, 9.17) is 9.47 Å². The van der Waals surface area contributed by atoms with Crippen molar-refractivity contribution >= 4 is 28.3 Å². The summed E-state index contributed by atoms with van der Waals surface area (Å²) in [5.41, 5.74) is 0.254. The van der Waals surface area contributed by atoms with Gasteiger partial charge in [0.1, 0.15) is 5.56 Å². The number of hydrogen-bond donors (Lipinski definition) is 1. The van der Waals surface area contributed by atoms with E-state index < -0.39 is 30.3 Å². The molecule has 0 heterocycles. The molecule has 0 radical (unpaired) electrons. The lowest BCUT2D eigenvalue weighted by atomic mass is 10.1. The Hall–Kier alpha value is -3.68. The predicted octanol–water partition coefficient (Wildman–Crippen LogP) is 4.63. The highest BCUT2D eigenvalue weighted by atomic mass is 19.3. The zero-order valence-corrected chi connectivity index (χ0v) is 16.2. The fraction of sp³-hybridized carbons (Fsp3) is 0.182. The monoisotopic (exact) mass is 415 g/mol. The van der Waals surface area contributed by atoms with E-state index in [0.717, 1.165) is 10.8 Å². The zero-order valence-electron chi connectivity index (χ0n) is 16.2. The second kappa shape index (κ2) is 9.21. The highest BCUT2D eigenvalue weighted by Gasteiger charge is 2.25. The zero-order chi connectivity index (χ0) is 21.7. The number of hydrogen-bond acceptors (Lipinski definition) is 5. The Labute approximate surface area is 171 Å². The van der Waals surface area contributed by atoms with E-state index in [2.05, 4.69) is 10.1 Å². The third-order valence-corrected chi connectivity index (χ3v) is 4.30. The molecule has 6 nitrogen and oxygen atoms in total. The van der Waals surface area contributed by atoms with E-state index in [1.807, 2.05) is 30.3 Å². The van der Waals surface area contributed by atoms with Crippen molar-refractivity contribution in [2.45, 2.75) is 19.6 Å². The Morgan fingerprint density at radius 3 is 2.40 bits per heavy atom. The summed E-state index contributed by atoms with van der Waals surface area (Å²) < 4.78 is 40.0. The molecule has 0 spiro atoms. The SMILES string of the molecule is COc1cccc(C(=O)OC(C)C(=O)Nc2ccc3ccccc3c2)c1OC(F)F. The molecule has 0 saturated carbocycles. The van der Waals surface area contributed by atoms with E-state index in [0.29, 0.717) is 5.69 Å². The minimum atomic E-state index is -3.17. The van der Waals surface area contributed by atoms with Gasteiger partial charge in [0.15, 0.2) is 17.6 Å². The number of alkyl halides is 2. The van der Waals surface area contributed by atoms with Gasteiger partial charge in [0.05, 0.1) is 7.11 Å². The van der Waals surface area contributed by atoms with Crippen molar-refractivity contribution in [3.8, 4) is 11.5 Å². The number of halogens is 2. The van der Waals surface area contributed by atoms with Crippen molar-refractivity contribution in [3.63, 3.8) is 0 Å². The summed E-state index contributed by atoms with van der Waals surface area (Å²) >= 11 is 0. The number of para-hydroxylation sites is 1. The molecule has 1 atom stereocenters. The fourth-order valence-corrected chi connectivity index (χ4v) is 2.84. The minimum Gasteiger partial charge on any atom is -0.493 e. The molecule has 1 unspecified atom stereocenters. The third kappa shape index (κ3) is 4.83. The van der Waals surface area contributed by atoms with Crippen LogP contribution in [0.1, 0.15) is 17.3 Å². The van der Waals surface area contributed by atoms with Gasteiger partial charge in [0.2, 0.25) is 0 Å². The molecular formula is C22H19F2NO5.